The number of aliphatic hydroxyl groups excluding tert-OH is 1. The minimum atomic E-state index is -3.44. The molecule has 0 fully saturated rings. The first kappa shape index (κ1) is 15.8. The van der Waals surface area contributed by atoms with Crippen LogP contribution < -0.4 is 0 Å². The van der Waals surface area contributed by atoms with Gasteiger partial charge in [0, 0.05) is 6.21 Å². The quantitative estimate of drug-likeness (QED) is 0.568. The van der Waals surface area contributed by atoms with Gasteiger partial charge >= 0.3 is 0 Å². The Morgan fingerprint density at radius 1 is 1.32 bits per heavy atom. The van der Waals surface area contributed by atoms with Gasteiger partial charge in [0.05, 0.1) is 25.5 Å². The Balaban J connectivity index is 2.14. The molecule has 0 aliphatic heterocycles. The molecule has 0 aliphatic rings. The topological polar surface area (TPSA) is 76.0 Å². The highest BCUT2D eigenvalue weighted by Gasteiger charge is 2.16. The Bertz CT molecular complexity index is 483. The van der Waals surface area contributed by atoms with Crippen LogP contribution >= 0.6 is 0 Å². The van der Waals surface area contributed by atoms with Crippen molar-refractivity contribution in [1.82, 2.24) is 0 Å². The monoisotopic (exact) mass is 285 g/mol. The zero-order valence-electron chi connectivity index (χ0n) is 10.9. The minimum absolute atomic E-state index is 0.0775. The second-order valence-corrected chi connectivity index (χ2v) is 6.44. The fraction of sp³-hybridized carbons (Fsp3) is 0.462. The van der Waals surface area contributed by atoms with Crippen molar-refractivity contribution in [3.63, 3.8) is 0 Å². The predicted octanol–water partition coefficient (Wildman–Crippen LogP) is 0.875. The molecule has 1 rings (SSSR count). The molecule has 0 spiro atoms. The Labute approximate surface area is 113 Å². The van der Waals surface area contributed by atoms with E-state index < -0.39 is 15.3 Å². The van der Waals surface area contributed by atoms with Gasteiger partial charge < -0.3 is 9.84 Å². The van der Waals surface area contributed by atoms with Crippen molar-refractivity contribution in [2.45, 2.75) is 12.4 Å². The molecule has 0 heterocycles. The molecule has 6 heteroatoms. The molecule has 1 aromatic carbocycles. The molecular weight excluding hydrogens is 266 g/mol. The third-order valence-electron chi connectivity index (χ3n) is 2.44. The summed E-state index contributed by atoms with van der Waals surface area (Å²) >= 11 is 0. The lowest BCUT2D eigenvalue weighted by atomic mass is 10.2. The standard InChI is InChI=1S/C13H19NO4S/c1-12(15)19(16,17)10-9-18-8-7-14-11-13-5-3-2-4-6-13/h2-6,11-12,15H,7-10H2,1H3. The van der Waals surface area contributed by atoms with E-state index in [9.17, 15) is 8.42 Å². The van der Waals surface area contributed by atoms with Crippen molar-refractivity contribution in [2.75, 3.05) is 25.5 Å². The molecule has 106 valence electrons. The zero-order chi connectivity index (χ0) is 14.1. The van der Waals surface area contributed by atoms with Crippen molar-refractivity contribution in [3.8, 4) is 0 Å². The van der Waals surface area contributed by atoms with E-state index in [1.165, 1.54) is 6.92 Å². The molecule has 1 atom stereocenters. The smallest absolute Gasteiger partial charge is 0.178 e. The van der Waals surface area contributed by atoms with Crippen LogP contribution in [0.1, 0.15) is 12.5 Å². The highest BCUT2D eigenvalue weighted by atomic mass is 32.2. The first-order valence-corrected chi connectivity index (χ1v) is 7.76. The van der Waals surface area contributed by atoms with Crippen LogP contribution in [0.3, 0.4) is 0 Å². The van der Waals surface area contributed by atoms with E-state index in [1.54, 1.807) is 6.21 Å². The van der Waals surface area contributed by atoms with Crippen LogP contribution in [-0.2, 0) is 14.6 Å². The Hall–Kier alpha value is -1.24. The zero-order valence-corrected chi connectivity index (χ0v) is 11.7. The lowest BCUT2D eigenvalue weighted by Gasteiger charge is -2.06. The molecular formula is C13H19NO4S. The SMILES string of the molecule is CC(O)S(=O)(=O)CCOCCN=Cc1ccccc1. The van der Waals surface area contributed by atoms with Gasteiger partial charge in [-0.2, -0.15) is 0 Å². The summed E-state index contributed by atoms with van der Waals surface area (Å²) in [5.74, 6) is -0.174. The van der Waals surface area contributed by atoms with Crippen LogP contribution in [-0.4, -0.2) is 50.7 Å². The summed E-state index contributed by atoms with van der Waals surface area (Å²) in [5.41, 5.74) is -0.327. The van der Waals surface area contributed by atoms with Gasteiger partial charge in [0.15, 0.2) is 15.3 Å². The number of hydrogen-bond donors (Lipinski definition) is 1. The summed E-state index contributed by atoms with van der Waals surface area (Å²) in [6.45, 7) is 2.15. The second-order valence-electron chi connectivity index (χ2n) is 4.02. The van der Waals surface area contributed by atoms with Crippen molar-refractivity contribution >= 4 is 16.1 Å². The molecule has 0 saturated heterocycles. The number of sulfone groups is 1. The van der Waals surface area contributed by atoms with E-state index in [-0.39, 0.29) is 12.4 Å². The molecule has 0 bridgehead atoms. The highest BCUT2D eigenvalue weighted by Crippen LogP contribution is 1.98. The first-order chi connectivity index (χ1) is 9.02. The van der Waals surface area contributed by atoms with E-state index in [0.29, 0.717) is 13.2 Å². The first-order valence-electron chi connectivity index (χ1n) is 6.04. The van der Waals surface area contributed by atoms with Crippen LogP contribution in [0.4, 0.5) is 0 Å². The van der Waals surface area contributed by atoms with Crippen molar-refractivity contribution in [3.05, 3.63) is 35.9 Å². The van der Waals surface area contributed by atoms with Crippen molar-refractivity contribution in [1.29, 1.82) is 0 Å². The van der Waals surface area contributed by atoms with E-state index in [0.717, 1.165) is 5.56 Å². The van der Waals surface area contributed by atoms with Crippen molar-refractivity contribution in [2.24, 2.45) is 4.99 Å². The number of benzene rings is 1. The second kappa shape index (κ2) is 8.04. The average Bonchev–Trinajstić information content (AvgIpc) is 2.38. The maximum Gasteiger partial charge on any atom is 0.178 e. The van der Waals surface area contributed by atoms with Crippen LogP contribution in [0, 0.1) is 0 Å². The number of aliphatic imine (C=N–C) groups is 1. The number of rotatable bonds is 8. The van der Waals surface area contributed by atoms with E-state index >= 15 is 0 Å². The van der Waals surface area contributed by atoms with Crippen LogP contribution in [0.25, 0.3) is 0 Å². The molecule has 19 heavy (non-hydrogen) atoms. The van der Waals surface area contributed by atoms with E-state index in [2.05, 4.69) is 4.99 Å². The molecule has 0 amide bonds. The molecule has 0 radical (unpaired) electrons. The maximum absolute atomic E-state index is 11.2. The van der Waals surface area contributed by atoms with Crippen LogP contribution in [0.5, 0.6) is 0 Å². The van der Waals surface area contributed by atoms with Crippen molar-refractivity contribution < 1.29 is 18.3 Å². The molecule has 0 aromatic heterocycles. The fourth-order valence-electron chi connectivity index (χ4n) is 1.27. The minimum Gasteiger partial charge on any atom is -0.378 e. The Morgan fingerprint density at radius 3 is 2.63 bits per heavy atom. The lowest BCUT2D eigenvalue weighted by molar-refractivity contribution is 0.156. The van der Waals surface area contributed by atoms with Crippen LogP contribution in [0.2, 0.25) is 0 Å². The normalized spacial score (nSPS) is 13.8. The average molecular weight is 285 g/mol. The molecule has 5 nitrogen and oxygen atoms in total. The number of ether oxygens (including phenoxy) is 1. The number of aliphatic hydroxyl groups is 1. The maximum atomic E-state index is 11.2. The van der Waals surface area contributed by atoms with E-state index in [4.69, 9.17) is 9.84 Å². The fourth-order valence-corrected chi connectivity index (χ4v) is 1.97. The summed E-state index contributed by atoms with van der Waals surface area (Å²) in [7, 11) is -3.44. The van der Waals surface area contributed by atoms with E-state index in [1.807, 2.05) is 30.3 Å². The van der Waals surface area contributed by atoms with Gasteiger partial charge in [-0.25, -0.2) is 8.42 Å². The van der Waals surface area contributed by atoms with Gasteiger partial charge in [-0.15, -0.1) is 0 Å². The Kier molecular flexibility index (Phi) is 6.69. The largest absolute Gasteiger partial charge is 0.378 e. The third-order valence-corrected chi connectivity index (χ3v) is 4.21. The van der Waals surface area contributed by atoms with Gasteiger partial charge in [-0.3, -0.25) is 4.99 Å². The summed E-state index contributed by atoms with van der Waals surface area (Å²) < 4.78 is 27.6. The molecule has 1 aromatic rings. The third kappa shape index (κ3) is 6.47. The Morgan fingerprint density at radius 2 is 2.00 bits per heavy atom. The summed E-state index contributed by atoms with van der Waals surface area (Å²) in [5, 5.41) is 8.98. The van der Waals surface area contributed by atoms with Gasteiger partial charge in [0.1, 0.15) is 0 Å². The summed E-state index contributed by atoms with van der Waals surface area (Å²) in [4.78, 5) is 4.16. The van der Waals surface area contributed by atoms with Gasteiger partial charge in [0.25, 0.3) is 0 Å². The molecule has 1 N–H and O–H groups in total. The molecule has 0 saturated carbocycles. The van der Waals surface area contributed by atoms with Crippen LogP contribution in [0.15, 0.2) is 35.3 Å². The van der Waals surface area contributed by atoms with Gasteiger partial charge in [-0.1, -0.05) is 30.3 Å². The predicted molar refractivity (Wildman–Crippen MR) is 75.2 cm³/mol. The van der Waals surface area contributed by atoms with Gasteiger partial charge in [0.2, 0.25) is 0 Å². The lowest BCUT2D eigenvalue weighted by Crippen LogP contribution is -2.23. The van der Waals surface area contributed by atoms with Gasteiger partial charge in [-0.05, 0) is 12.5 Å². The molecule has 0 aliphatic carbocycles. The molecule has 1 unspecified atom stereocenters. The number of hydrogen-bond acceptors (Lipinski definition) is 5. The number of nitrogens with zero attached hydrogens (tertiary/aromatic N) is 1. The summed E-state index contributed by atoms with van der Waals surface area (Å²) in [6.07, 6.45) is 1.75. The highest BCUT2D eigenvalue weighted by molar-refractivity contribution is 7.91. The summed E-state index contributed by atoms with van der Waals surface area (Å²) in [6, 6.07) is 9.68.